The summed E-state index contributed by atoms with van der Waals surface area (Å²) in [6.07, 6.45) is 10.8. The highest BCUT2D eigenvalue weighted by molar-refractivity contribution is 6.13. The fourth-order valence-corrected chi connectivity index (χ4v) is 7.10. The summed E-state index contributed by atoms with van der Waals surface area (Å²) < 4.78 is 2.44. The van der Waals surface area contributed by atoms with Crippen molar-refractivity contribution >= 4 is 28.5 Å². The molecule has 2 aliphatic carbocycles. The number of anilines is 2. The Kier molecular flexibility index (Phi) is 5.57. The van der Waals surface area contributed by atoms with Crippen LogP contribution >= 0.6 is 0 Å². The Balaban J connectivity index is 1.44. The smallest absolute Gasteiger partial charge is 0.236 e. The average molecular weight is 563 g/mol. The van der Waals surface area contributed by atoms with E-state index in [0.717, 1.165) is 39.6 Å². The van der Waals surface area contributed by atoms with Crippen LogP contribution in [-0.2, 0) is 0 Å². The third-order valence-electron chi connectivity index (χ3n) is 8.96. The predicted octanol–water partition coefficient (Wildman–Crippen LogP) is 9.98. The number of nitrogens with zero attached hydrogens (tertiary/aromatic N) is 3. The molecule has 44 heavy (non-hydrogen) atoms. The van der Waals surface area contributed by atoms with Gasteiger partial charge in [0.25, 0.3) is 0 Å². The number of para-hydroxylation sites is 2. The third-order valence-corrected chi connectivity index (χ3v) is 8.96. The lowest BCUT2D eigenvalue weighted by atomic mass is 9.82. The highest BCUT2D eigenvalue weighted by Gasteiger charge is 2.41. The van der Waals surface area contributed by atoms with E-state index in [-0.39, 0.29) is 6.04 Å². The van der Waals surface area contributed by atoms with Gasteiger partial charge in [0.1, 0.15) is 11.7 Å². The summed E-state index contributed by atoms with van der Waals surface area (Å²) in [5.74, 6) is 0. The van der Waals surface area contributed by atoms with Gasteiger partial charge in [0, 0.05) is 47.3 Å². The number of benzene rings is 5. The first-order valence-electron chi connectivity index (χ1n) is 15.1. The molecule has 1 aliphatic heterocycles. The molecule has 3 heteroatoms. The van der Waals surface area contributed by atoms with Gasteiger partial charge in [0.05, 0.1) is 5.69 Å². The second kappa shape index (κ2) is 9.89. The average Bonchev–Trinajstić information content (AvgIpc) is 3.10. The molecule has 3 aliphatic rings. The number of aromatic nitrogens is 1. The van der Waals surface area contributed by atoms with Gasteiger partial charge in [-0.1, -0.05) is 109 Å². The second-order valence-corrected chi connectivity index (χ2v) is 11.4. The summed E-state index contributed by atoms with van der Waals surface area (Å²) in [7, 11) is 0. The summed E-state index contributed by atoms with van der Waals surface area (Å²) >= 11 is 0. The minimum atomic E-state index is 0.0259. The van der Waals surface area contributed by atoms with E-state index in [9.17, 15) is 0 Å². The number of hydrogen-bond acceptors (Lipinski definition) is 2. The van der Waals surface area contributed by atoms with Crippen LogP contribution in [0.3, 0.4) is 0 Å². The van der Waals surface area contributed by atoms with Crippen LogP contribution in [0.2, 0.25) is 0 Å². The van der Waals surface area contributed by atoms with E-state index in [0.29, 0.717) is 0 Å². The number of fused-ring (bicyclic) bond motifs is 10. The minimum Gasteiger partial charge on any atom is -0.319 e. The van der Waals surface area contributed by atoms with Crippen molar-refractivity contribution in [3.05, 3.63) is 164 Å². The van der Waals surface area contributed by atoms with Gasteiger partial charge in [-0.2, -0.15) is 4.58 Å². The molecule has 5 aromatic carbocycles. The van der Waals surface area contributed by atoms with Gasteiger partial charge in [0.2, 0.25) is 17.1 Å². The Morgan fingerprint density at radius 2 is 1.16 bits per heavy atom. The summed E-state index contributed by atoms with van der Waals surface area (Å²) in [6.45, 7) is 0. The molecule has 0 radical (unpaired) electrons. The van der Waals surface area contributed by atoms with Gasteiger partial charge in [-0.05, 0) is 52.1 Å². The Morgan fingerprint density at radius 3 is 1.89 bits per heavy atom. The third kappa shape index (κ3) is 3.69. The molecule has 3 nitrogen and oxygen atoms in total. The van der Waals surface area contributed by atoms with E-state index in [1.54, 1.807) is 0 Å². The van der Waals surface area contributed by atoms with Crippen molar-refractivity contribution in [2.75, 3.05) is 4.90 Å². The van der Waals surface area contributed by atoms with Gasteiger partial charge in [-0.15, -0.1) is 0 Å². The van der Waals surface area contributed by atoms with Crippen molar-refractivity contribution in [3.8, 4) is 44.6 Å². The monoisotopic (exact) mass is 562 g/mol. The van der Waals surface area contributed by atoms with E-state index in [4.69, 9.17) is 4.98 Å². The van der Waals surface area contributed by atoms with E-state index < -0.39 is 0 Å². The summed E-state index contributed by atoms with van der Waals surface area (Å²) in [5.41, 5.74) is 15.1. The highest BCUT2D eigenvalue weighted by Crippen LogP contribution is 2.52. The van der Waals surface area contributed by atoms with Gasteiger partial charge >= 0.3 is 0 Å². The first kappa shape index (κ1) is 24.8. The van der Waals surface area contributed by atoms with Crippen molar-refractivity contribution in [2.45, 2.75) is 6.04 Å². The fourth-order valence-electron chi connectivity index (χ4n) is 7.10. The molecule has 206 valence electrons. The molecular formula is C41H28N3+. The van der Waals surface area contributed by atoms with Gasteiger partial charge in [-0.25, -0.2) is 0 Å². The normalized spacial score (nSPS) is 15.6. The molecule has 0 spiro atoms. The fraction of sp³-hybridized carbons (Fsp3) is 0.0244. The van der Waals surface area contributed by atoms with Crippen LogP contribution in [0.4, 0.5) is 22.7 Å². The number of pyridine rings is 1. The first-order chi connectivity index (χ1) is 21.9. The summed E-state index contributed by atoms with van der Waals surface area (Å²) in [5, 5.41) is 0. The number of rotatable bonds is 2. The zero-order valence-corrected chi connectivity index (χ0v) is 24.0. The Hall–Kier alpha value is -5.80. The molecule has 2 heterocycles. The molecule has 0 bridgehead atoms. The summed E-state index contributed by atoms with van der Waals surface area (Å²) in [4.78, 5) is 7.55. The first-order valence-corrected chi connectivity index (χ1v) is 15.1. The van der Waals surface area contributed by atoms with E-state index in [1.807, 2.05) is 6.20 Å². The Morgan fingerprint density at radius 1 is 0.545 bits per heavy atom. The van der Waals surface area contributed by atoms with Gasteiger partial charge < -0.3 is 4.90 Å². The van der Waals surface area contributed by atoms with Crippen LogP contribution in [0.15, 0.2) is 164 Å². The van der Waals surface area contributed by atoms with Crippen LogP contribution in [0.25, 0.3) is 44.6 Å². The molecule has 0 N–H and O–H groups in total. The standard InChI is InChI=1S/C41H28N3/c1-3-14-28(15-4-1)43-37-23-11-12-24-38(37)44(29-16-5-2-6-17-29)40-27-36-35(26-39(40)43)33-21-10-8-19-31(33)30-18-7-9-20-32(30)34-22-13-25-42-41(34)36/h1-27,38H/q+1. The largest absolute Gasteiger partial charge is 0.319 e. The van der Waals surface area contributed by atoms with Crippen LogP contribution < -0.4 is 9.48 Å². The molecule has 0 fully saturated rings. The maximum Gasteiger partial charge on any atom is 0.236 e. The van der Waals surface area contributed by atoms with Crippen LogP contribution in [-0.4, -0.2) is 16.7 Å². The van der Waals surface area contributed by atoms with Crippen molar-refractivity contribution in [1.29, 1.82) is 0 Å². The molecule has 1 atom stereocenters. The number of allylic oxidation sites excluding steroid dienone is 2. The second-order valence-electron chi connectivity index (χ2n) is 11.4. The highest BCUT2D eigenvalue weighted by atomic mass is 15.2. The lowest BCUT2D eigenvalue weighted by Crippen LogP contribution is -2.44. The maximum absolute atomic E-state index is 5.08. The van der Waals surface area contributed by atoms with E-state index >= 15 is 0 Å². The SMILES string of the molecule is C1=CC2=[N+](c3ccccc3)c3cc4c(cc3N(c3ccccc3)C2C=C1)-c1ncccc1-c1ccccc1-c1ccccc1-4. The zero-order valence-electron chi connectivity index (χ0n) is 24.0. The zero-order chi connectivity index (χ0) is 29.0. The topological polar surface area (TPSA) is 19.1 Å². The molecule has 0 saturated carbocycles. The van der Waals surface area contributed by atoms with Crippen molar-refractivity contribution in [1.82, 2.24) is 9.56 Å². The molecular weight excluding hydrogens is 534 g/mol. The summed E-state index contributed by atoms with van der Waals surface area (Å²) in [6, 6.07) is 48.1. The van der Waals surface area contributed by atoms with Crippen molar-refractivity contribution < 1.29 is 0 Å². The van der Waals surface area contributed by atoms with E-state index in [1.165, 1.54) is 33.5 Å². The predicted molar refractivity (Wildman–Crippen MR) is 183 cm³/mol. The molecule has 9 rings (SSSR count). The molecule has 1 aromatic heterocycles. The molecule has 6 aromatic rings. The Bertz CT molecular complexity index is 2170. The maximum atomic E-state index is 5.08. The Labute approximate surface area is 257 Å². The van der Waals surface area contributed by atoms with Crippen LogP contribution in [0.1, 0.15) is 0 Å². The molecule has 0 saturated heterocycles. The number of hydrogen-bond donors (Lipinski definition) is 0. The van der Waals surface area contributed by atoms with Crippen LogP contribution in [0.5, 0.6) is 0 Å². The van der Waals surface area contributed by atoms with E-state index in [2.05, 4.69) is 167 Å². The quantitative estimate of drug-likeness (QED) is 0.195. The van der Waals surface area contributed by atoms with Crippen molar-refractivity contribution in [3.63, 3.8) is 0 Å². The molecule has 0 amide bonds. The minimum absolute atomic E-state index is 0.0259. The molecule has 1 unspecified atom stereocenters. The van der Waals surface area contributed by atoms with Gasteiger partial charge in [0.15, 0.2) is 0 Å². The van der Waals surface area contributed by atoms with Gasteiger partial charge in [-0.3, -0.25) is 4.98 Å². The lowest BCUT2D eigenvalue weighted by molar-refractivity contribution is 0.897. The van der Waals surface area contributed by atoms with Crippen LogP contribution in [0, 0.1) is 0 Å². The lowest BCUT2D eigenvalue weighted by Gasteiger charge is -2.36. The van der Waals surface area contributed by atoms with Crippen molar-refractivity contribution in [2.24, 2.45) is 0 Å².